The van der Waals surface area contributed by atoms with Gasteiger partial charge in [0.1, 0.15) is 5.75 Å². The third kappa shape index (κ3) is 6.13. The van der Waals surface area contributed by atoms with Gasteiger partial charge in [0, 0.05) is 6.54 Å². The van der Waals surface area contributed by atoms with Crippen molar-refractivity contribution in [3.8, 4) is 5.75 Å². The van der Waals surface area contributed by atoms with Crippen LogP contribution in [0, 0.1) is 0 Å². The molecule has 1 aromatic carbocycles. The first-order chi connectivity index (χ1) is 10.4. The van der Waals surface area contributed by atoms with Gasteiger partial charge in [-0.2, -0.15) is 0 Å². The van der Waals surface area contributed by atoms with Gasteiger partial charge in [0.25, 0.3) is 0 Å². The standard InChI is InChI=1S/C17H27N3O2.2ClH/c1-17(2,18)16(21)19-12-15(20-10-4-5-11-20)13-6-8-14(22-3)9-7-13;;/h6-9,15H,4-5,10-12,18H2,1-3H3,(H,19,21);2*1H. The van der Waals surface area contributed by atoms with E-state index >= 15 is 0 Å². The Balaban J connectivity index is 0.00000264. The second kappa shape index (κ2) is 10.1. The molecular weight excluding hydrogens is 349 g/mol. The van der Waals surface area contributed by atoms with E-state index in [0.717, 1.165) is 18.8 Å². The van der Waals surface area contributed by atoms with Crippen LogP contribution >= 0.6 is 24.8 Å². The Morgan fingerprint density at radius 2 is 1.79 bits per heavy atom. The highest BCUT2D eigenvalue weighted by molar-refractivity contribution is 5.86. The summed E-state index contributed by atoms with van der Waals surface area (Å²) in [5, 5.41) is 2.99. The number of nitrogens with zero attached hydrogens (tertiary/aromatic N) is 1. The Labute approximate surface area is 157 Å². The number of hydrogen-bond donors (Lipinski definition) is 2. The Morgan fingerprint density at radius 1 is 1.25 bits per heavy atom. The van der Waals surface area contributed by atoms with Crippen LogP contribution in [-0.2, 0) is 4.79 Å². The molecule has 0 aromatic heterocycles. The third-order valence-corrected chi connectivity index (χ3v) is 4.12. The van der Waals surface area contributed by atoms with Crippen LogP contribution in [0.2, 0.25) is 0 Å². The van der Waals surface area contributed by atoms with E-state index in [4.69, 9.17) is 10.5 Å². The monoisotopic (exact) mass is 377 g/mol. The van der Waals surface area contributed by atoms with Gasteiger partial charge in [-0.25, -0.2) is 0 Å². The van der Waals surface area contributed by atoms with E-state index in [1.54, 1.807) is 21.0 Å². The number of likely N-dealkylation sites (tertiary alicyclic amines) is 1. The van der Waals surface area contributed by atoms with Gasteiger partial charge in [-0.15, -0.1) is 24.8 Å². The highest BCUT2D eigenvalue weighted by atomic mass is 35.5. The first-order valence-corrected chi connectivity index (χ1v) is 7.87. The fourth-order valence-electron chi connectivity index (χ4n) is 2.75. The third-order valence-electron chi connectivity index (χ3n) is 4.12. The molecule has 0 spiro atoms. The second-order valence-corrected chi connectivity index (χ2v) is 6.46. The van der Waals surface area contributed by atoms with Gasteiger partial charge >= 0.3 is 0 Å². The van der Waals surface area contributed by atoms with Crippen LogP contribution in [0.1, 0.15) is 38.3 Å². The SMILES string of the molecule is COc1ccc(C(CNC(=O)C(C)(C)N)N2CCCC2)cc1.Cl.Cl. The number of benzene rings is 1. The first-order valence-electron chi connectivity index (χ1n) is 7.87. The molecular formula is C17H29Cl2N3O2. The molecule has 24 heavy (non-hydrogen) atoms. The molecule has 1 unspecified atom stereocenters. The molecule has 1 aromatic rings. The van der Waals surface area contributed by atoms with Crippen LogP contribution in [0.5, 0.6) is 5.75 Å². The van der Waals surface area contributed by atoms with E-state index in [1.807, 2.05) is 12.1 Å². The topological polar surface area (TPSA) is 67.6 Å². The average Bonchev–Trinajstić information content (AvgIpc) is 3.01. The van der Waals surface area contributed by atoms with Crippen LogP contribution in [-0.4, -0.2) is 43.1 Å². The minimum atomic E-state index is -0.852. The summed E-state index contributed by atoms with van der Waals surface area (Å²) >= 11 is 0. The number of carbonyl (C=O) groups excluding carboxylic acids is 1. The van der Waals surface area contributed by atoms with E-state index in [-0.39, 0.29) is 36.8 Å². The zero-order valence-corrected chi connectivity index (χ0v) is 16.2. The number of methoxy groups -OCH3 is 1. The molecule has 1 aliphatic rings. The Morgan fingerprint density at radius 3 is 2.25 bits per heavy atom. The molecule has 138 valence electrons. The Bertz CT molecular complexity index is 498. The summed E-state index contributed by atoms with van der Waals surface area (Å²) < 4.78 is 5.22. The van der Waals surface area contributed by atoms with Crippen LogP contribution in [0.15, 0.2) is 24.3 Å². The fraction of sp³-hybridized carbons (Fsp3) is 0.588. The van der Waals surface area contributed by atoms with Crippen molar-refractivity contribution in [2.75, 3.05) is 26.7 Å². The van der Waals surface area contributed by atoms with E-state index in [9.17, 15) is 4.79 Å². The minimum Gasteiger partial charge on any atom is -0.497 e. The van der Waals surface area contributed by atoms with E-state index in [1.165, 1.54) is 18.4 Å². The lowest BCUT2D eigenvalue weighted by molar-refractivity contribution is -0.125. The van der Waals surface area contributed by atoms with Crippen molar-refractivity contribution in [2.45, 2.75) is 38.3 Å². The number of halogens is 2. The van der Waals surface area contributed by atoms with Gasteiger partial charge in [0.2, 0.25) is 5.91 Å². The number of hydrogen-bond acceptors (Lipinski definition) is 4. The van der Waals surface area contributed by atoms with Crippen LogP contribution in [0.4, 0.5) is 0 Å². The fourth-order valence-corrected chi connectivity index (χ4v) is 2.75. The molecule has 1 atom stereocenters. The number of nitrogens with two attached hydrogens (primary N) is 1. The summed E-state index contributed by atoms with van der Waals surface area (Å²) in [6, 6.07) is 8.25. The van der Waals surface area contributed by atoms with Crippen LogP contribution in [0.25, 0.3) is 0 Å². The van der Waals surface area contributed by atoms with Gasteiger partial charge in [0.05, 0.1) is 18.7 Å². The predicted molar refractivity (Wildman–Crippen MR) is 102 cm³/mol. The highest BCUT2D eigenvalue weighted by Gasteiger charge is 2.27. The average molecular weight is 378 g/mol. The zero-order chi connectivity index (χ0) is 16.2. The lowest BCUT2D eigenvalue weighted by Crippen LogP contribution is -2.50. The van der Waals surface area contributed by atoms with Gasteiger partial charge < -0.3 is 15.8 Å². The normalized spacial score (nSPS) is 15.8. The first kappa shape index (κ1) is 23.0. The Kier molecular flexibility index (Phi) is 9.66. The molecule has 5 nitrogen and oxygen atoms in total. The lowest BCUT2D eigenvalue weighted by Gasteiger charge is -2.29. The molecule has 0 radical (unpaired) electrons. The summed E-state index contributed by atoms with van der Waals surface area (Å²) in [6.45, 7) is 6.16. The molecule has 0 saturated carbocycles. The molecule has 7 heteroatoms. The van der Waals surface area contributed by atoms with Crippen molar-refractivity contribution in [1.29, 1.82) is 0 Å². The molecule has 1 amide bonds. The molecule has 0 aliphatic carbocycles. The lowest BCUT2D eigenvalue weighted by atomic mass is 10.0. The van der Waals surface area contributed by atoms with Crippen molar-refractivity contribution < 1.29 is 9.53 Å². The van der Waals surface area contributed by atoms with Gasteiger partial charge in [-0.1, -0.05) is 12.1 Å². The summed E-state index contributed by atoms with van der Waals surface area (Å²) in [4.78, 5) is 14.5. The van der Waals surface area contributed by atoms with Crippen molar-refractivity contribution in [1.82, 2.24) is 10.2 Å². The molecule has 0 bridgehead atoms. The van der Waals surface area contributed by atoms with E-state index in [0.29, 0.717) is 6.54 Å². The second-order valence-electron chi connectivity index (χ2n) is 6.46. The maximum atomic E-state index is 12.0. The summed E-state index contributed by atoms with van der Waals surface area (Å²) in [5.41, 5.74) is 6.19. The maximum Gasteiger partial charge on any atom is 0.239 e. The van der Waals surface area contributed by atoms with E-state index < -0.39 is 5.54 Å². The predicted octanol–water partition coefficient (Wildman–Crippen LogP) is 2.53. The molecule has 3 N–H and O–H groups in total. The molecule has 1 saturated heterocycles. The number of rotatable bonds is 6. The summed E-state index contributed by atoms with van der Waals surface area (Å²) in [6.07, 6.45) is 2.42. The number of carbonyl (C=O) groups is 1. The zero-order valence-electron chi connectivity index (χ0n) is 14.6. The van der Waals surface area contributed by atoms with E-state index in [2.05, 4.69) is 22.3 Å². The number of amides is 1. The molecule has 2 rings (SSSR count). The molecule has 1 fully saturated rings. The highest BCUT2D eigenvalue weighted by Crippen LogP contribution is 2.26. The van der Waals surface area contributed by atoms with Crippen molar-refractivity contribution in [3.05, 3.63) is 29.8 Å². The summed E-state index contributed by atoms with van der Waals surface area (Å²) in [7, 11) is 1.66. The smallest absolute Gasteiger partial charge is 0.239 e. The Hall–Kier alpha value is -1.01. The maximum absolute atomic E-state index is 12.0. The summed E-state index contributed by atoms with van der Waals surface area (Å²) in [5.74, 6) is 0.723. The number of ether oxygens (including phenoxy) is 1. The van der Waals surface area contributed by atoms with Crippen molar-refractivity contribution >= 4 is 30.7 Å². The van der Waals surface area contributed by atoms with Gasteiger partial charge in [-0.05, 0) is 57.5 Å². The number of nitrogens with one attached hydrogen (secondary N) is 1. The van der Waals surface area contributed by atoms with Gasteiger partial charge in [-0.3, -0.25) is 9.69 Å². The van der Waals surface area contributed by atoms with Crippen LogP contribution in [0.3, 0.4) is 0 Å². The largest absolute Gasteiger partial charge is 0.497 e. The van der Waals surface area contributed by atoms with Crippen molar-refractivity contribution in [3.63, 3.8) is 0 Å². The minimum absolute atomic E-state index is 0. The van der Waals surface area contributed by atoms with Gasteiger partial charge in [0.15, 0.2) is 0 Å². The van der Waals surface area contributed by atoms with Crippen molar-refractivity contribution in [2.24, 2.45) is 5.73 Å². The quantitative estimate of drug-likeness (QED) is 0.798. The molecule has 1 aliphatic heterocycles. The molecule has 1 heterocycles. The van der Waals surface area contributed by atoms with Crippen LogP contribution < -0.4 is 15.8 Å².